The molecule has 4 heteroatoms. The van der Waals surface area contributed by atoms with E-state index in [1.54, 1.807) is 7.11 Å². The maximum absolute atomic E-state index is 11.5. The predicted molar refractivity (Wildman–Crippen MR) is 74.2 cm³/mol. The van der Waals surface area contributed by atoms with Crippen molar-refractivity contribution in [1.82, 2.24) is 4.90 Å². The van der Waals surface area contributed by atoms with Crippen molar-refractivity contribution >= 4 is 5.97 Å². The summed E-state index contributed by atoms with van der Waals surface area (Å²) in [6.07, 6.45) is 7.51. The second kappa shape index (κ2) is 6.23. The summed E-state index contributed by atoms with van der Waals surface area (Å²) in [5.41, 5.74) is -0.466. The van der Waals surface area contributed by atoms with Crippen molar-refractivity contribution < 1.29 is 14.6 Å². The van der Waals surface area contributed by atoms with Gasteiger partial charge in [-0.05, 0) is 58.0 Å². The van der Waals surface area contributed by atoms with Crippen LogP contribution in [0.1, 0.15) is 51.9 Å². The third-order valence-electron chi connectivity index (χ3n) is 5.33. The Hall–Kier alpha value is -0.610. The van der Waals surface area contributed by atoms with Crippen molar-refractivity contribution in [1.29, 1.82) is 0 Å². The first-order chi connectivity index (χ1) is 9.11. The van der Waals surface area contributed by atoms with Crippen molar-refractivity contribution in [3.05, 3.63) is 0 Å². The van der Waals surface area contributed by atoms with E-state index in [1.807, 2.05) is 6.92 Å². The second-order valence-electron chi connectivity index (χ2n) is 6.15. The Morgan fingerprint density at radius 2 is 2.05 bits per heavy atom. The van der Waals surface area contributed by atoms with Crippen LogP contribution in [-0.4, -0.2) is 48.3 Å². The van der Waals surface area contributed by atoms with E-state index in [1.165, 1.54) is 19.3 Å². The van der Waals surface area contributed by atoms with Gasteiger partial charge in [0.2, 0.25) is 0 Å². The van der Waals surface area contributed by atoms with Crippen LogP contribution in [0.5, 0.6) is 0 Å². The van der Waals surface area contributed by atoms with Gasteiger partial charge in [0.05, 0.1) is 11.5 Å². The fourth-order valence-corrected chi connectivity index (χ4v) is 3.70. The van der Waals surface area contributed by atoms with Gasteiger partial charge in [-0.2, -0.15) is 0 Å². The molecule has 0 aromatic rings. The molecule has 0 aromatic heterocycles. The van der Waals surface area contributed by atoms with Crippen molar-refractivity contribution in [2.75, 3.05) is 20.2 Å². The van der Waals surface area contributed by atoms with E-state index in [4.69, 9.17) is 4.74 Å². The monoisotopic (exact) mass is 269 g/mol. The highest BCUT2D eigenvalue weighted by atomic mass is 16.5. The minimum Gasteiger partial charge on any atom is -0.481 e. The van der Waals surface area contributed by atoms with E-state index >= 15 is 0 Å². The average Bonchev–Trinajstić information content (AvgIpc) is 2.47. The Labute approximate surface area is 116 Å². The number of piperidine rings is 1. The fraction of sp³-hybridized carbons (Fsp3) is 0.933. The van der Waals surface area contributed by atoms with Crippen LogP contribution in [0.25, 0.3) is 0 Å². The lowest BCUT2D eigenvalue weighted by molar-refractivity contribution is -0.153. The van der Waals surface area contributed by atoms with Gasteiger partial charge in [0.15, 0.2) is 0 Å². The van der Waals surface area contributed by atoms with Crippen LogP contribution in [-0.2, 0) is 9.53 Å². The molecular weight excluding hydrogens is 242 g/mol. The predicted octanol–water partition coefficient (Wildman–Crippen LogP) is 2.52. The third-order valence-corrected chi connectivity index (χ3v) is 5.33. The highest BCUT2D eigenvalue weighted by Gasteiger charge is 2.41. The number of carboxylic acid groups (broad SMARTS) is 1. The van der Waals surface area contributed by atoms with Gasteiger partial charge in [-0.15, -0.1) is 0 Å². The highest BCUT2D eigenvalue weighted by molar-refractivity contribution is 5.74. The molecule has 0 spiro atoms. The maximum atomic E-state index is 11.5. The zero-order valence-corrected chi connectivity index (χ0v) is 12.2. The Morgan fingerprint density at radius 1 is 1.37 bits per heavy atom. The van der Waals surface area contributed by atoms with Gasteiger partial charge in [-0.3, -0.25) is 4.79 Å². The average molecular weight is 269 g/mol. The molecule has 0 radical (unpaired) electrons. The molecule has 1 N–H and O–H groups in total. The summed E-state index contributed by atoms with van der Waals surface area (Å²) in [5, 5.41) is 9.43. The first-order valence-electron chi connectivity index (χ1n) is 7.61. The SMILES string of the molecule is CCC1(C(=O)O)CCN(C2CCCC(OC)C2)CC1. The molecule has 19 heavy (non-hydrogen) atoms. The third kappa shape index (κ3) is 3.11. The molecule has 2 unspecified atom stereocenters. The summed E-state index contributed by atoms with van der Waals surface area (Å²) in [5.74, 6) is -0.604. The molecule has 110 valence electrons. The van der Waals surface area contributed by atoms with E-state index < -0.39 is 11.4 Å². The summed E-state index contributed by atoms with van der Waals surface area (Å²) in [7, 11) is 1.80. The topological polar surface area (TPSA) is 49.8 Å². The lowest BCUT2D eigenvalue weighted by atomic mass is 9.75. The van der Waals surface area contributed by atoms with E-state index in [0.29, 0.717) is 12.1 Å². The second-order valence-corrected chi connectivity index (χ2v) is 6.15. The van der Waals surface area contributed by atoms with Crippen molar-refractivity contribution in [2.24, 2.45) is 5.41 Å². The zero-order valence-electron chi connectivity index (χ0n) is 12.2. The Morgan fingerprint density at radius 3 is 2.58 bits per heavy atom. The lowest BCUT2D eigenvalue weighted by Gasteiger charge is -2.44. The number of aliphatic carboxylic acids is 1. The largest absolute Gasteiger partial charge is 0.481 e. The van der Waals surface area contributed by atoms with Gasteiger partial charge in [0, 0.05) is 13.2 Å². The van der Waals surface area contributed by atoms with Gasteiger partial charge in [0.25, 0.3) is 0 Å². The Bertz CT molecular complexity index is 311. The number of hydrogen-bond acceptors (Lipinski definition) is 3. The summed E-state index contributed by atoms with van der Waals surface area (Å²) in [4.78, 5) is 14.0. The van der Waals surface area contributed by atoms with Crippen LogP contribution >= 0.6 is 0 Å². The normalized spacial score (nSPS) is 32.1. The van der Waals surface area contributed by atoms with Gasteiger partial charge in [0.1, 0.15) is 0 Å². The molecule has 2 rings (SSSR count). The first kappa shape index (κ1) is 14.8. The lowest BCUT2D eigenvalue weighted by Crippen LogP contribution is -2.49. The number of rotatable bonds is 4. The molecule has 1 saturated carbocycles. The minimum atomic E-state index is -0.604. The minimum absolute atomic E-state index is 0.399. The van der Waals surface area contributed by atoms with Gasteiger partial charge in [-0.1, -0.05) is 6.92 Å². The number of nitrogens with zero attached hydrogens (tertiary/aromatic N) is 1. The van der Waals surface area contributed by atoms with Crippen LogP contribution < -0.4 is 0 Å². The molecule has 0 bridgehead atoms. The number of carbonyl (C=O) groups is 1. The zero-order chi connectivity index (χ0) is 13.9. The van der Waals surface area contributed by atoms with E-state index in [0.717, 1.165) is 38.8 Å². The fourth-order valence-electron chi connectivity index (χ4n) is 3.70. The molecular formula is C15H27NO3. The molecule has 2 fully saturated rings. The molecule has 0 aromatic carbocycles. The van der Waals surface area contributed by atoms with Crippen molar-refractivity contribution in [3.8, 4) is 0 Å². The molecule has 2 atom stereocenters. The molecule has 4 nitrogen and oxygen atoms in total. The first-order valence-corrected chi connectivity index (χ1v) is 7.61. The summed E-state index contributed by atoms with van der Waals surface area (Å²) in [6, 6.07) is 0.599. The van der Waals surface area contributed by atoms with Crippen LogP contribution in [0, 0.1) is 5.41 Å². The van der Waals surface area contributed by atoms with Crippen molar-refractivity contribution in [2.45, 2.75) is 64.0 Å². The standard InChI is InChI=1S/C15H27NO3/c1-3-15(14(17)18)7-9-16(10-8-15)12-5-4-6-13(11-12)19-2/h12-13H,3-11H2,1-2H3,(H,17,18). The number of ether oxygens (including phenoxy) is 1. The van der Waals surface area contributed by atoms with Crippen molar-refractivity contribution in [3.63, 3.8) is 0 Å². The Kier molecular flexibility index (Phi) is 4.85. The van der Waals surface area contributed by atoms with Crippen LogP contribution in [0.2, 0.25) is 0 Å². The smallest absolute Gasteiger partial charge is 0.309 e. The molecule has 1 aliphatic carbocycles. The number of hydrogen-bond donors (Lipinski definition) is 1. The van der Waals surface area contributed by atoms with Gasteiger partial charge >= 0.3 is 5.97 Å². The summed E-state index contributed by atoms with van der Waals surface area (Å²) in [6.45, 7) is 3.87. The molecule has 0 amide bonds. The molecule has 1 aliphatic heterocycles. The van der Waals surface area contributed by atoms with Crippen LogP contribution in [0.4, 0.5) is 0 Å². The highest BCUT2D eigenvalue weighted by Crippen LogP contribution is 2.37. The number of likely N-dealkylation sites (tertiary alicyclic amines) is 1. The summed E-state index contributed by atoms with van der Waals surface area (Å²) >= 11 is 0. The number of methoxy groups -OCH3 is 1. The molecule has 1 heterocycles. The van der Waals surface area contributed by atoms with Crippen LogP contribution in [0.15, 0.2) is 0 Å². The Balaban J connectivity index is 1.90. The maximum Gasteiger partial charge on any atom is 0.309 e. The van der Waals surface area contributed by atoms with E-state index in [2.05, 4.69) is 4.90 Å². The van der Waals surface area contributed by atoms with Gasteiger partial charge in [-0.25, -0.2) is 0 Å². The van der Waals surface area contributed by atoms with Crippen LogP contribution in [0.3, 0.4) is 0 Å². The van der Waals surface area contributed by atoms with E-state index in [9.17, 15) is 9.90 Å². The molecule has 2 aliphatic rings. The molecule has 1 saturated heterocycles. The number of carboxylic acids is 1. The quantitative estimate of drug-likeness (QED) is 0.852. The van der Waals surface area contributed by atoms with E-state index in [-0.39, 0.29) is 0 Å². The summed E-state index contributed by atoms with van der Waals surface area (Å²) < 4.78 is 5.49. The van der Waals surface area contributed by atoms with Gasteiger partial charge < -0.3 is 14.7 Å².